The maximum absolute atomic E-state index is 6.32. The maximum Gasteiger partial charge on any atom is 0.129 e. The van der Waals surface area contributed by atoms with Gasteiger partial charge in [-0.1, -0.05) is 133 Å². The minimum atomic E-state index is 0.586. The highest BCUT2D eigenvalue weighted by Gasteiger charge is 2.24. The number of rotatable bonds is 3. The molecule has 0 radical (unpaired) electrons. The summed E-state index contributed by atoms with van der Waals surface area (Å²) in [4.78, 5) is 0. The molecular formula is C55H34N2O. The fraction of sp³-hybridized carbons (Fsp3) is 0.0182. The molecule has 0 N–H and O–H groups in total. The van der Waals surface area contributed by atoms with E-state index < -0.39 is 0 Å². The Bertz CT molecular complexity index is 3660. The molecule has 2 aromatic heterocycles. The van der Waals surface area contributed by atoms with Gasteiger partial charge in [0.1, 0.15) is 12.4 Å². The van der Waals surface area contributed by atoms with Gasteiger partial charge in [-0.3, -0.25) is 0 Å². The van der Waals surface area contributed by atoms with Gasteiger partial charge in [0.25, 0.3) is 0 Å². The molecule has 1 aliphatic heterocycles. The third-order valence-corrected chi connectivity index (χ3v) is 12.6. The molecule has 0 fully saturated rings. The first kappa shape index (κ1) is 31.6. The minimum Gasteiger partial charge on any atom is -0.488 e. The Hall–Kier alpha value is -7.62. The van der Waals surface area contributed by atoms with Crippen LogP contribution in [0.5, 0.6) is 5.75 Å². The summed E-state index contributed by atoms with van der Waals surface area (Å²) >= 11 is 0. The van der Waals surface area contributed by atoms with Crippen molar-refractivity contribution in [2.75, 3.05) is 0 Å². The summed E-state index contributed by atoms with van der Waals surface area (Å²) in [7, 11) is 0. The van der Waals surface area contributed by atoms with Gasteiger partial charge in [0.15, 0.2) is 0 Å². The Kier molecular flexibility index (Phi) is 6.50. The number of aromatic nitrogens is 2. The van der Waals surface area contributed by atoms with Gasteiger partial charge in [0, 0.05) is 32.8 Å². The topological polar surface area (TPSA) is 19.1 Å². The molecule has 0 saturated heterocycles. The Morgan fingerprint density at radius 3 is 1.53 bits per heavy atom. The number of benzene rings is 10. The molecule has 3 nitrogen and oxygen atoms in total. The number of hydrogen-bond acceptors (Lipinski definition) is 1. The summed E-state index contributed by atoms with van der Waals surface area (Å²) in [5.41, 5.74) is 13.0. The first-order valence-electron chi connectivity index (χ1n) is 20.0. The number of fused-ring (bicyclic) bond motifs is 15. The average Bonchev–Trinajstić information content (AvgIpc) is 3.81. The van der Waals surface area contributed by atoms with E-state index in [9.17, 15) is 0 Å². The van der Waals surface area contributed by atoms with Crippen molar-refractivity contribution in [3.05, 3.63) is 200 Å². The van der Waals surface area contributed by atoms with Crippen LogP contribution >= 0.6 is 0 Å². The van der Waals surface area contributed by atoms with Crippen LogP contribution < -0.4 is 4.74 Å². The second-order valence-electron chi connectivity index (χ2n) is 15.6. The summed E-state index contributed by atoms with van der Waals surface area (Å²) in [6.45, 7) is 0.586. The van der Waals surface area contributed by atoms with Crippen molar-refractivity contribution in [2.24, 2.45) is 0 Å². The van der Waals surface area contributed by atoms with Gasteiger partial charge in [-0.2, -0.15) is 0 Å². The summed E-state index contributed by atoms with van der Waals surface area (Å²) < 4.78 is 11.2. The molecule has 58 heavy (non-hydrogen) atoms. The lowest BCUT2D eigenvalue weighted by atomic mass is 9.94. The highest BCUT2D eigenvalue weighted by Crippen LogP contribution is 2.45. The molecule has 0 spiro atoms. The van der Waals surface area contributed by atoms with Gasteiger partial charge < -0.3 is 13.9 Å². The minimum absolute atomic E-state index is 0.586. The van der Waals surface area contributed by atoms with Crippen molar-refractivity contribution in [3.63, 3.8) is 0 Å². The van der Waals surface area contributed by atoms with Crippen LogP contribution in [0.2, 0.25) is 0 Å². The fourth-order valence-corrected chi connectivity index (χ4v) is 10.0. The second-order valence-corrected chi connectivity index (χ2v) is 15.6. The van der Waals surface area contributed by atoms with Gasteiger partial charge in [-0.05, 0) is 115 Å². The quantitative estimate of drug-likeness (QED) is 0.165. The standard InChI is InChI=1S/C55H34N2O/c1-2-13-38-36(12-1)33-58-54-23-11-22-53(55(38)54)57-50-21-10-8-19-45(50)48-31-35(25-29-52(48)57)34-24-28-51-47(30-34)44-18-7-9-20-49(44)56(51)37-26-27-43-41-16-4-3-14-39(41)40-15-5-6-17-42(40)46(43)32-37/h1-32H,33H2. The highest BCUT2D eigenvalue weighted by atomic mass is 16.5. The molecule has 0 atom stereocenters. The van der Waals surface area contributed by atoms with Crippen LogP contribution in [-0.2, 0) is 6.61 Å². The molecule has 0 unspecified atom stereocenters. The zero-order valence-electron chi connectivity index (χ0n) is 31.5. The highest BCUT2D eigenvalue weighted by molar-refractivity contribution is 6.25. The van der Waals surface area contributed by atoms with E-state index in [1.165, 1.54) is 98.2 Å². The third-order valence-electron chi connectivity index (χ3n) is 12.6. The van der Waals surface area contributed by atoms with Gasteiger partial charge >= 0.3 is 0 Å². The lowest BCUT2D eigenvalue weighted by Gasteiger charge is -2.24. The predicted molar refractivity (Wildman–Crippen MR) is 243 cm³/mol. The van der Waals surface area contributed by atoms with Crippen molar-refractivity contribution < 1.29 is 4.74 Å². The molecule has 12 aromatic rings. The number of ether oxygens (including phenoxy) is 1. The summed E-state index contributed by atoms with van der Waals surface area (Å²) in [6.07, 6.45) is 0. The summed E-state index contributed by atoms with van der Waals surface area (Å²) in [6, 6.07) is 71.3. The summed E-state index contributed by atoms with van der Waals surface area (Å²) in [5, 5.41) is 12.7. The molecule has 0 bridgehead atoms. The number of nitrogens with zero attached hydrogens (tertiary/aromatic N) is 2. The first-order chi connectivity index (χ1) is 28.8. The van der Waals surface area contributed by atoms with Crippen LogP contribution in [-0.4, -0.2) is 9.13 Å². The number of para-hydroxylation sites is 2. The summed E-state index contributed by atoms with van der Waals surface area (Å²) in [5.74, 6) is 0.928. The van der Waals surface area contributed by atoms with E-state index in [0.29, 0.717) is 6.61 Å². The van der Waals surface area contributed by atoms with Crippen LogP contribution in [0.4, 0.5) is 0 Å². The van der Waals surface area contributed by atoms with E-state index in [1.807, 2.05) is 0 Å². The molecule has 3 heterocycles. The Labute approximate surface area is 334 Å². The predicted octanol–water partition coefficient (Wildman–Crippen LogP) is 14.6. The van der Waals surface area contributed by atoms with E-state index in [-0.39, 0.29) is 0 Å². The lowest BCUT2D eigenvalue weighted by molar-refractivity contribution is 0.302. The van der Waals surface area contributed by atoms with E-state index in [2.05, 4.69) is 203 Å². The third kappa shape index (κ3) is 4.38. The molecule has 1 aliphatic rings. The van der Waals surface area contributed by atoms with Crippen molar-refractivity contribution >= 4 is 75.9 Å². The molecular weight excluding hydrogens is 705 g/mol. The largest absolute Gasteiger partial charge is 0.488 e. The maximum atomic E-state index is 6.32. The normalized spacial score (nSPS) is 12.6. The van der Waals surface area contributed by atoms with Crippen LogP contribution in [0.3, 0.4) is 0 Å². The molecule has 3 heteroatoms. The van der Waals surface area contributed by atoms with Crippen molar-refractivity contribution in [1.29, 1.82) is 0 Å². The van der Waals surface area contributed by atoms with Gasteiger partial charge in [0.2, 0.25) is 0 Å². The monoisotopic (exact) mass is 738 g/mol. The van der Waals surface area contributed by atoms with Crippen LogP contribution in [0, 0.1) is 0 Å². The fourth-order valence-electron chi connectivity index (χ4n) is 10.0. The second kappa shape index (κ2) is 11.9. The zero-order valence-corrected chi connectivity index (χ0v) is 31.5. The average molecular weight is 739 g/mol. The molecule has 13 rings (SSSR count). The molecule has 0 amide bonds. The Morgan fingerprint density at radius 1 is 0.345 bits per heavy atom. The Morgan fingerprint density at radius 2 is 0.862 bits per heavy atom. The van der Waals surface area contributed by atoms with E-state index in [1.54, 1.807) is 0 Å². The molecule has 270 valence electrons. The Balaban J connectivity index is 0.995. The van der Waals surface area contributed by atoms with E-state index in [0.717, 1.165) is 22.7 Å². The SMILES string of the molecule is c1ccc2c(c1)COc1cccc(-n3c4ccccc4c4cc(-c5ccc6c(c5)c5ccccc5n6-c5ccc6c7ccccc7c7ccccc7c6c5)ccc43)c1-2. The first-order valence-corrected chi connectivity index (χ1v) is 20.0. The molecule has 0 saturated carbocycles. The lowest BCUT2D eigenvalue weighted by Crippen LogP contribution is -2.08. The van der Waals surface area contributed by atoms with Crippen molar-refractivity contribution in [1.82, 2.24) is 9.13 Å². The van der Waals surface area contributed by atoms with Crippen LogP contribution in [0.15, 0.2) is 194 Å². The van der Waals surface area contributed by atoms with E-state index >= 15 is 0 Å². The van der Waals surface area contributed by atoms with Crippen molar-refractivity contribution in [2.45, 2.75) is 6.61 Å². The van der Waals surface area contributed by atoms with Gasteiger partial charge in [-0.25, -0.2) is 0 Å². The molecule has 0 aliphatic carbocycles. The van der Waals surface area contributed by atoms with Crippen LogP contribution in [0.1, 0.15) is 5.56 Å². The molecule has 10 aromatic carbocycles. The zero-order chi connectivity index (χ0) is 37.9. The van der Waals surface area contributed by atoms with Crippen LogP contribution in [0.25, 0.3) is 110 Å². The smallest absolute Gasteiger partial charge is 0.129 e. The van der Waals surface area contributed by atoms with Gasteiger partial charge in [-0.15, -0.1) is 0 Å². The van der Waals surface area contributed by atoms with Crippen molar-refractivity contribution in [3.8, 4) is 39.4 Å². The number of hydrogen-bond donors (Lipinski definition) is 0. The van der Waals surface area contributed by atoms with E-state index in [4.69, 9.17) is 4.74 Å². The van der Waals surface area contributed by atoms with Gasteiger partial charge in [0.05, 0.1) is 27.8 Å².